The largest absolute Gasteiger partial charge is 0.313 e. The molecule has 6 heteroatoms. The zero-order valence-corrected chi connectivity index (χ0v) is 10.6. The van der Waals surface area contributed by atoms with E-state index in [1.165, 1.54) is 28.9 Å². The van der Waals surface area contributed by atoms with E-state index in [2.05, 4.69) is 14.9 Å². The molecule has 4 nitrogen and oxygen atoms in total. The summed E-state index contributed by atoms with van der Waals surface area (Å²) < 4.78 is 3.83. The summed E-state index contributed by atoms with van der Waals surface area (Å²) in [6.07, 6.45) is 3.03. The molecule has 2 rings (SSSR count). The van der Waals surface area contributed by atoms with Gasteiger partial charge in [0.1, 0.15) is 0 Å². The zero-order valence-electron chi connectivity index (χ0n) is 8.97. The van der Waals surface area contributed by atoms with Crippen LogP contribution in [0.5, 0.6) is 0 Å². The molecule has 0 spiro atoms. The second-order valence-electron chi connectivity index (χ2n) is 3.61. The van der Waals surface area contributed by atoms with E-state index >= 15 is 0 Å². The zero-order chi connectivity index (χ0) is 11.4. The highest BCUT2D eigenvalue weighted by Crippen LogP contribution is 2.26. The second kappa shape index (κ2) is 5.56. The van der Waals surface area contributed by atoms with E-state index < -0.39 is 0 Å². The van der Waals surface area contributed by atoms with E-state index in [0.717, 1.165) is 25.2 Å². The first-order valence-electron chi connectivity index (χ1n) is 5.11. The Hall–Kier alpha value is -0.720. The Morgan fingerprint density at radius 3 is 3.31 bits per heavy atom. The summed E-state index contributed by atoms with van der Waals surface area (Å²) in [6.45, 7) is 3.43. The van der Waals surface area contributed by atoms with Gasteiger partial charge in [-0.3, -0.25) is 4.79 Å². The number of thioether (sulfide) groups is 1. The molecule has 2 heterocycles. The Morgan fingerprint density at radius 2 is 2.62 bits per heavy atom. The number of hydrogen-bond donors (Lipinski definition) is 1. The Kier molecular flexibility index (Phi) is 4.09. The molecule has 1 aliphatic heterocycles. The lowest BCUT2D eigenvalue weighted by atomic mass is 10.1. The summed E-state index contributed by atoms with van der Waals surface area (Å²) in [6, 6.07) is 0. The summed E-state index contributed by atoms with van der Waals surface area (Å²) in [5.74, 6) is 0. The van der Waals surface area contributed by atoms with Gasteiger partial charge < -0.3 is 5.32 Å². The van der Waals surface area contributed by atoms with Crippen molar-refractivity contribution in [1.29, 1.82) is 0 Å². The van der Waals surface area contributed by atoms with Crippen LogP contribution in [0.1, 0.15) is 19.0 Å². The minimum Gasteiger partial charge on any atom is -0.313 e. The maximum Gasteiger partial charge on any atom is 0.186 e. The first kappa shape index (κ1) is 11.8. The predicted octanol–water partition coefficient (Wildman–Crippen LogP) is 1.56. The van der Waals surface area contributed by atoms with Crippen LogP contribution in [-0.2, 0) is 4.79 Å². The summed E-state index contributed by atoms with van der Waals surface area (Å²) in [5.41, 5.74) is 2.12. The topological polar surface area (TPSA) is 54.9 Å². The van der Waals surface area contributed by atoms with Crippen LogP contribution in [0.2, 0.25) is 0 Å². The average molecular weight is 255 g/mol. The van der Waals surface area contributed by atoms with Crippen molar-refractivity contribution in [3.05, 3.63) is 16.6 Å². The molecule has 1 fully saturated rings. The lowest BCUT2D eigenvalue weighted by Crippen LogP contribution is -2.32. The molecule has 1 aliphatic rings. The molecule has 0 bridgehead atoms. The van der Waals surface area contributed by atoms with Gasteiger partial charge in [-0.05, 0) is 36.1 Å². The van der Waals surface area contributed by atoms with Crippen molar-refractivity contribution in [1.82, 2.24) is 14.9 Å². The van der Waals surface area contributed by atoms with Crippen molar-refractivity contribution >= 4 is 34.5 Å². The molecular weight excluding hydrogens is 242 g/mol. The molecule has 1 aromatic heterocycles. The van der Waals surface area contributed by atoms with Crippen molar-refractivity contribution < 1.29 is 4.79 Å². The third kappa shape index (κ3) is 3.13. The molecule has 16 heavy (non-hydrogen) atoms. The van der Waals surface area contributed by atoms with E-state index in [-0.39, 0.29) is 5.12 Å². The first-order valence-corrected chi connectivity index (χ1v) is 6.83. The fourth-order valence-corrected chi connectivity index (χ4v) is 3.02. The molecule has 1 atom stereocenters. The van der Waals surface area contributed by atoms with E-state index in [1.54, 1.807) is 6.92 Å². The number of aromatic nitrogens is 2. The number of piperidine rings is 1. The third-order valence-corrected chi connectivity index (χ3v) is 4.02. The van der Waals surface area contributed by atoms with Crippen LogP contribution < -0.4 is 5.32 Å². The number of carbonyl (C=O) groups excluding carboxylic acids is 1. The van der Waals surface area contributed by atoms with E-state index in [1.807, 2.05) is 11.5 Å². The third-order valence-electron chi connectivity index (χ3n) is 2.34. The van der Waals surface area contributed by atoms with Crippen LogP contribution in [0, 0.1) is 0 Å². The smallest absolute Gasteiger partial charge is 0.186 e. The molecule has 0 aromatic carbocycles. The molecule has 0 saturated carbocycles. The van der Waals surface area contributed by atoms with Gasteiger partial charge >= 0.3 is 0 Å². The highest BCUT2D eigenvalue weighted by molar-refractivity contribution is 8.14. The van der Waals surface area contributed by atoms with Crippen molar-refractivity contribution in [3.63, 3.8) is 0 Å². The van der Waals surface area contributed by atoms with E-state index in [4.69, 9.17) is 0 Å². The van der Waals surface area contributed by atoms with Crippen LogP contribution in [0.4, 0.5) is 0 Å². The quantitative estimate of drug-likeness (QED) is 0.869. The number of nitrogens with zero attached hydrogens (tertiary/aromatic N) is 2. The highest BCUT2D eigenvalue weighted by atomic mass is 32.2. The van der Waals surface area contributed by atoms with Crippen LogP contribution in [0.25, 0.3) is 6.08 Å². The molecule has 86 valence electrons. The number of hydrogen-bond acceptors (Lipinski definition) is 6. The van der Waals surface area contributed by atoms with Gasteiger partial charge in [-0.15, -0.1) is 5.10 Å². The monoisotopic (exact) mass is 255 g/mol. The van der Waals surface area contributed by atoms with Crippen LogP contribution in [0.15, 0.2) is 11.0 Å². The summed E-state index contributed by atoms with van der Waals surface area (Å²) in [5, 5.41) is 9.69. The van der Waals surface area contributed by atoms with Gasteiger partial charge in [-0.25, -0.2) is 0 Å². The molecule has 0 aliphatic carbocycles. The Labute approximate surface area is 103 Å². The van der Waals surface area contributed by atoms with Gasteiger partial charge in [0.15, 0.2) is 5.12 Å². The van der Waals surface area contributed by atoms with Crippen molar-refractivity contribution in [2.24, 2.45) is 0 Å². The Balaban J connectivity index is 2.12. The average Bonchev–Trinajstić information content (AvgIpc) is 2.73. The van der Waals surface area contributed by atoms with Crippen LogP contribution in [-0.4, -0.2) is 33.0 Å². The normalized spacial score (nSPS) is 23.6. The molecule has 0 amide bonds. The maximum absolute atomic E-state index is 11.1. The van der Waals surface area contributed by atoms with Crippen molar-refractivity contribution in [2.45, 2.75) is 18.6 Å². The predicted molar refractivity (Wildman–Crippen MR) is 67.4 cm³/mol. The van der Waals surface area contributed by atoms with Gasteiger partial charge in [0.25, 0.3) is 0 Å². The van der Waals surface area contributed by atoms with E-state index in [9.17, 15) is 4.79 Å². The summed E-state index contributed by atoms with van der Waals surface area (Å²) >= 11 is 2.76. The van der Waals surface area contributed by atoms with Crippen molar-refractivity contribution in [3.8, 4) is 0 Å². The lowest BCUT2D eigenvalue weighted by Gasteiger charge is -2.24. The minimum absolute atomic E-state index is 0.175. The lowest BCUT2D eigenvalue weighted by molar-refractivity contribution is -0.109. The Bertz CT molecular complexity index is 389. The van der Waals surface area contributed by atoms with Gasteiger partial charge in [-0.2, -0.15) is 0 Å². The molecule has 1 saturated heterocycles. The highest BCUT2D eigenvalue weighted by Gasteiger charge is 2.20. The van der Waals surface area contributed by atoms with E-state index in [0.29, 0.717) is 5.25 Å². The van der Waals surface area contributed by atoms with Gasteiger partial charge in [0.05, 0.1) is 5.69 Å². The minimum atomic E-state index is 0.175. The van der Waals surface area contributed by atoms with Gasteiger partial charge in [0.2, 0.25) is 0 Å². The number of carbonyl (C=O) groups is 1. The fraction of sp³-hybridized carbons (Fsp3) is 0.500. The molecule has 1 aromatic rings. The van der Waals surface area contributed by atoms with Gasteiger partial charge in [-0.1, -0.05) is 16.3 Å². The van der Waals surface area contributed by atoms with Crippen molar-refractivity contribution in [2.75, 3.05) is 13.1 Å². The number of nitrogens with one attached hydrogen (secondary N) is 1. The van der Waals surface area contributed by atoms with Gasteiger partial charge in [0, 0.05) is 24.1 Å². The van der Waals surface area contributed by atoms with Crippen LogP contribution >= 0.6 is 23.3 Å². The number of rotatable bonds is 2. The molecular formula is C10H13N3OS2. The molecule has 0 radical (unpaired) electrons. The first-order chi connectivity index (χ1) is 7.75. The van der Waals surface area contributed by atoms with Crippen LogP contribution in [0.3, 0.4) is 0 Å². The fourth-order valence-electron chi connectivity index (χ4n) is 1.67. The summed E-state index contributed by atoms with van der Waals surface area (Å²) in [4.78, 5) is 11.1. The SMILES string of the molecule is CC(=O)SC1CCNC/C1=C\c1csnn1. The summed E-state index contributed by atoms with van der Waals surface area (Å²) in [7, 11) is 0. The Morgan fingerprint density at radius 1 is 1.75 bits per heavy atom. The maximum atomic E-state index is 11.1. The molecule has 1 unspecified atom stereocenters. The second-order valence-corrected chi connectivity index (χ2v) is 5.60. The standard InChI is InChI=1S/C10H13N3OS2/c1-7(14)16-10-2-3-11-5-8(10)4-9-6-15-13-12-9/h4,6,10-11H,2-3,5H2,1H3/b8-4+. The molecule has 1 N–H and O–H groups in total.